The van der Waals surface area contributed by atoms with Gasteiger partial charge in [-0.15, -0.1) is 11.3 Å². The van der Waals surface area contributed by atoms with Crippen LogP contribution in [0.2, 0.25) is 0 Å². The number of hydrogen-bond acceptors (Lipinski definition) is 4. The van der Waals surface area contributed by atoms with Gasteiger partial charge in [-0.25, -0.2) is 0 Å². The van der Waals surface area contributed by atoms with E-state index in [9.17, 15) is 0 Å². The van der Waals surface area contributed by atoms with Crippen molar-refractivity contribution < 1.29 is 4.42 Å². The monoisotopic (exact) mass is 1390 g/mol. The Balaban J connectivity index is 0.000000130. The fourth-order valence-electron chi connectivity index (χ4n) is 20.8. The zero-order chi connectivity index (χ0) is 71.5. The van der Waals surface area contributed by atoms with E-state index in [1.807, 2.05) is 11.3 Å². The first kappa shape index (κ1) is 61.4. The summed E-state index contributed by atoms with van der Waals surface area (Å²) in [4.78, 5) is 4.91. The average molecular weight is 1400 g/mol. The highest BCUT2D eigenvalue weighted by molar-refractivity contribution is 7.26. The molecule has 0 fully saturated rings. The molecular weight excluding hydrogens is 1330 g/mol. The van der Waals surface area contributed by atoms with Gasteiger partial charge in [-0.05, 0) is 207 Å². The second-order valence-corrected chi connectivity index (χ2v) is 32.3. The molecule has 0 amide bonds. The first-order valence-electron chi connectivity index (χ1n) is 37.9. The molecule has 6 aliphatic carbocycles. The van der Waals surface area contributed by atoms with Gasteiger partial charge < -0.3 is 14.2 Å². The van der Waals surface area contributed by atoms with Crippen molar-refractivity contribution >= 4 is 87.6 Å². The lowest BCUT2D eigenvalue weighted by atomic mass is 9.70. The molecule has 0 aliphatic heterocycles. The Morgan fingerprint density at radius 2 is 0.574 bits per heavy atom. The van der Waals surface area contributed by atoms with Crippen molar-refractivity contribution in [2.45, 2.75) is 49.4 Å². The smallest absolute Gasteiger partial charge is 0.143 e. The van der Waals surface area contributed by atoms with E-state index in [1.54, 1.807) is 0 Å². The van der Waals surface area contributed by atoms with Gasteiger partial charge in [0.05, 0.1) is 10.8 Å². The summed E-state index contributed by atoms with van der Waals surface area (Å²) in [5.41, 5.74) is 39.6. The molecule has 508 valence electrons. The summed E-state index contributed by atoms with van der Waals surface area (Å²) >= 11 is 1.93. The number of furan rings is 1. The molecule has 24 rings (SSSR count). The van der Waals surface area contributed by atoms with Gasteiger partial charge in [0.2, 0.25) is 0 Å². The second-order valence-electron chi connectivity index (χ2n) is 31.2. The lowest BCUT2D eigenvalue weighted by Crippen LogP contribution is -2.26. The van der Waals surface area contributed by atoms with Crippen molar-refractivity contribution in [1.82, 2.24) is 0 Å². The van der Waals surface area contributed by atoms with Crippen LogP contribution in [0.25, 0.3) is 109 Å². The van der Waals surface area contributed by atoms with Gasteiger partial charge >= 0.3 is 0 Å². The maximum Gasteiger partial charge on any atom is 0.143 e. The molecule has 0 radical (unpaired) electrons. The van der Waals surface area contributed by atoms with E-state index >= 15 is 0 Å². The first-order chi connectivity index (χ1) is 53.1. The highest BCUT2D eigenvalue weighted by atomic mass is 32.1. The van der Waals surface area contributed by atoms with Gasteiger partial charge in [0.1, 0.15) is 11.2 Å². The van der Waals surface area contributed by atoms with Crippen molar-refractivity contribution in [3.8, 4) is 66.8 Å². The Labute approximate surface area is 632 Å². The lowest BCUT2D eigenvalue weighted by Gasteiger charge is -2.32. The number of para-hydroxylation sites is 3. The Morgan fingerprint density at radius 1 is 0.231 bits per heavy atom. The Bertz CT molecular complexity index is 6490. The van der Waals surface area contributed by atoms with E-state index in [-0.39, 0.29) is 10.8 Å². The molecular formula is C104H70N2OS. The molecule has 0 saturated carbocycles. The Morgan fingerprint density at radius 3 is 1.06 bits per heavy atom. The average Bonchev–Trinajstić information content (AvgIpc) is 1.50. The number of anilines is 6. The number of nitrogens with zero attached hydrogens (tertiary/aromatic N) is 2. The zero-order valence-electron chi connectivity index (χ0n) is 60.2. The fraction of sp³-hybridized carbons (Fsp3) is 0.0769. The molecule has 2 spiro atoms. The SMILES string of the molecule is CC1(C)c2ccccc2-c2ccc(N(c3ccccc3)c3ccc4c(c3)C3(c5ccccc5-4)c4ccccc4-c4c3ccc3c4oc4ccccc43)cc21.CC1(C)c2ccccc2-c2ccc(N(c3ccccc3)c3ccc4c(c3)C3(c5ccccc5-4)c4ccccc4-c4c3ccc3c4sc4ccccc43)cc21. The van der Waals surface area contributed by atoms with Crippen LogP contribution in [0.3, 0.4) is 0 Å². The molecule has 6 aliphatic rings. The Kier molecular flexibility index (Phi) is 12.7. The van der Waals surface area contributed by atoms with Crippen molar-refractivity contribution in [3.63, 3.8) is 0 Å². The van der Waals surface area contributed by atoms with Crippen LogP contribution in [-0.2, 0) is 21.7 Å². The van der Waals surface area contributed by atoms with E-state index in [2.05, 4.69) is 389 Å². The van der Waals surface area contributed by atoms with Gasteiger partial charge in [0, 0.05) is 87.0 Å². The number of thiophene rings is 1. The van der Waals surface area contributed by atoms with Crippen LogP contribution in [0, 0.1) is 0 Å². The number of fused-ring (bicyclic) bond motifs is 34. The third-order valence-corrected chi connectivity index (χ3v) is 26.6. The zero-order valence-corrected chi connectivity index (χ0v) is 61.0. The number of hydrogen-bond donors (Lipinski definition) is 0. The Hall–Kier alpha value is -12.9. The van der Waals surface area contributed by atoms with Crippen LogP contribution >= 0.6 is 11.3 Å². The number of rotatable bonds is 6. The molecule has 108 heavy (non-hydrogen) atoms. The van der Waals surface area contributed by atoms with Crippen LogP contribution in [0.1, 0.15) is 94.5 Å². The van der Waals surface area contributed by atoms with Crippen LogP contribution in [-0.4, -0.2) is 0 Å². The van der Waals surface area contributed by atoms with Gasteiger partial charge in [0.25, 0.3) is 0 Å². The fourth-order valence-corrected chi connectivity index (χ4v) is 22.0. The topological polar surface area (TPSA) is 19.6 Å². The van der Waals surface area contributed by atoms with E-state index in [1.165, 1.54) is 159 Å². The predicted molar refractivity (Wildman–Crippen MR) is 450 cm³/mol. The molecule has 2 unspecified atom stereocenters. The second kappa shape index (κ2) is 22.4. The predicted octanol–water partition coefficient (Wildman–Crippen LogP) is 27.9. The summed E-state index contributed by atoms with van der Waals surface area (Å²) < 4.78 is 9.50. The molecule has 2 heterocycles. The quantitative estimate of drug-likeness (QED) is 0.165. The van der Waals surface area contributed by atoms with Crippen LogP contribution in [0.4, 0.5) is 34.1 Å². The largest absolute Gasteiger partial charge is 0.455 e. The highest BCUT2D eigenvalue weighted by Gasteiger charge is 2.55. The first-order valence-corrected chi connectivity index (χ1v) is 38.7. The summed E-state index contributed by atoms with van der Waals surface area (Å²) in [6.45, 7) is 9.46. The summed E-state index contributed by atoms with van der Waals surface area (Å²) in [5.74, 6) is 0. The molecule has 18 aromatic rings. The summed E-state index contributed by atoms with van der Waals surface area (Å²) in [6.07, 6.45) is 0. The van der Waals surface area contributed by atoms with E-state index in [0.29, 0.717) is 0 Å². The minimum Gasteiger partial charge on any atom is -0.455 e. The summed E-state index contributed by atoms with van der Waals surface area (Å²) in [7, 11) is 0. The maximum atomic E-state index is 6.78. The minimum atomic E-state index is -0.509. The molecule has 4 heteroatoms. The normalized spacial score (nSPS) is 16.6. The van der Waals surface area contributed by atoms with Gasteiger partial charge in [-0.2, -0.15) is 0 Å². The maximum absolute atomic E-state index is 6.78. The minimum absolute atomic E-state index is 0.0941. The third kappa shape index (κ3) is 8.06. The highest BCUT2D eigenvalue weighted by Crippen LogP contribution is 2.68. The number of benzene rings is 16. The third-order valence-electron chi connectivity index (χ3n) is 25.4. The van der Waals surface area contributed by atoms with Crippen molar-refractivity contribution in [1.29, 1.82) is 0 Å². The standard InChI is InChI=1S/C52H35NO.C52H35NS/c2*1-51(2)42-20-10-6-16-35(42)37-26-24-33(30-46(37)51)53(32-14-4-3-5-15-32)34-25-27-38-36-17-7-11-21-43(36)52(47(38)31-34)44-22-12-8-19-41(44)49-45(52)29-28-40-39-18-9-13-23-48(39)54-50(40)49/h2*3-31H,1-2H3. The van der Waals surface area contributed by atoms with Crippen LogP contribution in [0.15, 0.2) is 356 Å². The summed E-state index contributed by atoms with van der Waals surface area (Å²) in [6, 6.07) is 131. The molecule has 2 aromatic heterocycles. The molecule has 0 saturated heterocycles. The van der Waals surface area contributed by atoms with Crippen molar-refractivity contribution in [3.05, 3.63) is 419 Å². The van der Waals surface area contributed by atoms with E-state index in [4.69, 9.17) is 4.42 Å². The molecule has 2 atom stereocenters. The summed E-state index contributed by atoms with van der Waals surface area (Å²) in [5, 5.41) is 5.00. The molecule has 0 bridgehead atoms. The lowest BCUT2D eigenvalue weighted by molar-refractivity contribution is 0.660. The molecule has 3 nitrogen and oxygen atoms in total. The molecule has 16 aromatic carbocycles. The van der Waals surface area contributed by atoms with Gasteiger partial charge in [0.15, 0.2) is 0 Å². The van der Waals surface area contributed by atoms with Crippen molar-refractivity contribution in [2.75, 3.05) is 9.80 Å². The van der Waals surface area contributed by atoms with Gasteiger partial charge in [-0.1, -0.05) is 295 Å². The van der Waals surface area contributed by atoms with Crippen molar-refractivity contribution in [2.24, 2.45) is 0 Å². The van der Waals surface area contributed by atoms with E-state index in [0.717, 1.165) is 50.4 Å². The van der Waals surface area contributed by atoms with E-state index < -0.39 is 10.8 Å². The van der Waals surface area contributed by atoms with Crippen LogP contribution < -0.4 is 9.80 Å². The van der Waals surface area contributed by atoms with Gasteiger partial charge in [-0.3, -0.25) is 0 Å². The molecule has 0 N–H and O–H groups in total. The van der Waals surface area contributed by atoms with Crippen LogP contribution in [0.5, 0.6) is 0 Å².